The van der Waals surface area contributed by atoms with Crippen molar-refractivity contribution in [2.45, 2.75) is 46.5 Å². The molecule has 0 radical (unpaired) electrons. The van der Waals surface area contributed by atoms with Gasteiger partial charge in [0.25, 0.3) is 5.91 Å². The van der Waals surface area contributed by atoms with Gasteiger partial charge in [-0.2, -0.15) is 5.10 Å². The van der Waals surface area contributed by atoms with E-state index in [9.17, 15) is 4.79 Å². The average molecular weight is 264 g/mol. The van der Waals surface area contributed by atoms with Crippen LogP contribution in [0.15, 0.2) is 0 Å². The highest BCUT2D eigenvalue weighted by molar-refractivity contribution is 5.97. The summed E-state index contributed by atoms with van der Waals surface area (Å²) in [5, 5.41) is 9.87. The number of rotatable bonds is 5. The molecular formula is C14H24N4O. The lowest BCUT2D eigenvalue weighted by Crippen LogP contribution is -2.33. The second kappa shape index (κ2) is 4.87. The molecule has 1 aromatic rings. The van der Waals surface area contributed by atoms with Crippen molar-refractivity contribution >= 4 is 11.6 Å². The van der Waals surface area contributed by atoms with Crippen LogP contribution in [-0.4, -0.2) is 22.6 Å². The van der Waals surface area contributed by atoms with Crippen LogP contribution in [0, 0.1) is 11.3 Å². The Morgan fingerprint density at radius 3 is 2.47 bits per heavy atom. The monoisotopic (exact) mass is 264 g/mol. The molecule has 0 aromatic carbocycles. The Morgan fingerprint density at radius 2 is 2.05 bits per heavy atom. The van der Waals surface area contributed by atoms with E-state index in [1.165, 1.54) is 12.8 Å². The van der Waals surface area contributed by atoms with Crippen molar-refractivity contribution in [2.24, 2.45) is 11.3 Å². The van der Waals surface area contributed by atoms with Crippen molar-refractivity contribution in [1.82, 2.24) is 15.5 Å². The molecule has 1 aliphatic carbocycles. The van der Waals surface area contributed by atoms with Crippen LogP contribution in [0.3, 0.4) is 0 Å². The number of aromatic amines is 1. The number of carbonyl (C=O) groups excluding carboxylic acids is 1. The van der Waals surface area contributed by atoms with Crippen LogP contribution < -0.4 is 11.1 Å². The standard InChI is InChI=1S/C14H24N4O/c1-8(2)11-10(15)12(18-17-11)13(19)16-7-14(5-6-14)9(3)4/h8-9H,5-7,15H2,1-4H3,(H,16,19)(H,17,18). The Bertz CT molecular complexity index is 472. The lowest BCUT2D eigenvalue weighted by atomic mass is 9.92. The van der Waals surface area contributed by atoms with E-state index >= 15 is 0 Å². The predicted octanol–water partition coefficient (Wildman–Crippen LogP) is 2.28. The van der Waals surface area contributed by atoms with Crippen molar-refractivity contribution in [1.29, 1.82) is 0 Å². The van der Waals surface area contributed by atoms with Gasteiger partial charge in [-0.25, -0.2) is 0 Å². The first-order chi connectivity index (χ1) is 8.87. The highest BCUT2D eigenvalue weighted by atomic mass is 16.1. The maximum Gasteiger partial charge on any atom is 0.273 e. The van der Waals surface area contributed by atoms with Gasteiger partial charge in [-0.15, -0.1) is 0 Å². The molecule has 1 aliphatic rings. The summed E-state index contributed by atoms with van der Waals surface area (Å²) in [5.74, 6) is 0.655. The SMILES string of the molecule is CC(C)c1[nH]nc(C(=O)NCC2(C(C)C)CC2)c1N. The molecule has 1 amide bonds. The van der Waals surface area contributed by atoms with Gasteiger partial charge in [-0.3, -0.25) is 9.89 Å². The largest absolute Gasteiger partial charge is 0.395 e. The number of nitrogen functional groups attached to an aromatic ring is 1. The molecule has 0 saturated heterocycles. The zero-order valence-electron chi connectivity index (χ0n) is 12.2. The highest BCUT2D eigenvalue weighted by Crippen LogP contribution is 2.51. The molecule has 1 aromatic heterocycles. The van der Waals surface area contributed by atoms with Crippen molar-refractivity contribution in [3.8, 4) is 0 Å². The number of nitrogens with one attached hydrogen (secondary N) is 2. The van der Waals surface area contributed by atoms with Crippen molar-refractivity contribution in [3.63, 3.8) is 0 Å². The van der Waals surface area contributed by atoms with Crippen LogP contribution in [0.2, 0.25) is 0 Å². The van der Waals surface area contributed by atoms with E-state index in [1.54, 1.807) is 0 Å². The minimum Gasteiger partial charge on any atom is -0.395 e. The molecule has 0 aliphatic heterocycles. The van der Waals surface area contributed by atoms with Gasteiger partial charge in [-0.05, 0) is 30.1 Å². The summed E-state index contributed by atoms with van der Waals surface area (Å²) in [6.45, 7) is 9.16. The average Bonchev–Trinajstić information content (AvgIpc) is 3.03. The number of aromatic nitrogens is 2. The highest BCUT2D eigenvalue weighted by Gasteiger charge is 2.45. The van der Waals surface area contributed by atoms with E-state index in [2.05, 4.69) is 29.4 Å². The molecule has 4 N–H and O–H groups in total. The van der Waals surface area contributed by atoms with Crippen LogP contribution in [-0.2, 0) is 0 Å². The first-order valence-electron chi connectivity index (χ1n) is 6.99. The zero-order valence-corrected chi connectivity index (χ0v) is 12.2. The Kier molecular flexibility index (Phi) is 3.56. The second-order valence-electron chi connectivity index (χ2n) is 6.25. The molecule has 0 bridgehead atoms. The maximum atomic E-state index is 12.1. The Balaban J connectivity index is 2.01. The van der Waals surface area contributed by atoms with Crippen LogP contribution in [0.25, 0.3) is 0 Å². The number of nitrogens with zero attached hydrogens (tertiary/aromatic N) is 1. The van der Waals surface area contributed by atoms with Crippen LogP contribution >= 0.6 is 0 Å². The number of H-pyrrole nitrogens is 1. The first-order valence-corrected chi connectivity index (χ1v) is 6.99. The number of amides is 1. The van der Waals surface area contributed by atoms with Gasteiger partial charge < -0.3 is 11.1 Å². The molecule has 0 unspecified atom stereocenters. The summed E-state index contributed by atoms with van der Waals surface area (Å²) >= 11 is 0. The third kappa shape index (κ3) is 2.60. The molecule has 0 atom stereocenters. The Hall–Kier alpha value is -1.52. The van der Waals surface area contributed by atoms with Crippen LogP contribution in [0.1, 0.15) is 62.6 Å². The molecule has 0 spiro atoms. The van der Waals surface area contributed by atoms with Crippen molar-refractivity contribution < 1.29 is 4.79 Å². The fourth-order valence-corrected chi connectivity index (χ4v) is 2.44. The molecule has 1 heterocycles. The minimum absolute atomic E-state index is 0.174. The molecule has 1 fully saturated rings. The lowest BCUT2D eigenvalue weighted by molar-refractivity contribution is 0.0935. The fourth-order valence-electron chi connectivity index (χ4n) is 2.44. The molecule has 1 saturated carbocycles. The van der Waals surface area contributed by atoms with E-state index in [-0.39, 0.29) is 11.8 Å². The van der Waals surface area contributed by atoms with E-state index in [4.69, 9.17) is 5.73 Å². The smallest absolute Gasteiger partial charge is 0.273 e. The van der Waals surface area contributed by atoms with Crippen molar-refractivity contribution in [3.05, 3.63) is 11.4 Å². The van der Waals surface area contributed by atoms with Gasteiger partial charge in [0.05, 0.1) is 11.4 Å². The summed E-state index contributed by atoms with van der Waals surface area (Å²) in [5.41, 5.74) is 7.88. The van der Waals surface area contributed by atoms with Crippen LogP contribution in [0.5, 0.6) is 0 Å². The number of carbonyl (C=O) groups is 1. The van der Waals surface area contributed by atoms with E-state index in [1.807, 2.05) is 13.8 Å². The molecule has 5 heteroatoms. The quantitative estimate of drug-likeness (QED) is 0.763. The lowest BCUT2D eigenvalue weighted by Gasteiger charge is -2.19. The topological polar surface area (TPSA) is 83.8 Å². The maximum absolute atomic E-state index is 12.1. The molecule has 19 heavy (non-hydrogen) atoms. The summed E-state index contributed by atoms with van der Waals surface area (Å²) < 4.78 is 0. The van der Waals surface area contributed by atoms with Crippen molar-refractivity contribution in [2.75, 3.05) is 12.3 Å². The van der Waals surface area contributed by atoms with Gasteiger partial charge in [0.1, 0.15) is 0 Å². The number of anilines is 1. The number of hydrogen-bond donors (Lipinski definition) is 3. The third-order valence-corrected chi connectivity index (χ3v) is 4.34. The molecular weight excluding hydrogens is 240 g/mol. The van der Waals surface area contributed by atoms with Gasteiger partial charge in [-0.1, -0.05) is 27.7 Å². The van der Waals surface area contributed by atoms with E-state index < -0.39 is 0 Å². The Labute approximate surface area is 114 Å². The van der Waals surface area contributed by atoms with E-state index in [0.29, 0.717) is 29.3 Å². The molecule has 2 rings (SSSR count). The second-order valence-corrected chi connectivity index (χ2v) is 6.25. The summed E-state index contributed by atoms with van der Waals surface area (Å²) in [7, 11) is 0. The Morgan fingerprint density at radius 1 is 1.42 bits per heavy atom. The number of nitrogens with two attached hydrogens (primary N) is 1. The fraction of sp³-hybridized carbons (Fsp3) is 0.714. The van der Waals surface area contributed by atoms with Gasteiger partial charge in [0.15, 0.2) is 5.69 Å². The summed E-state index contributed by atoms with van der Waals surface area (Å²) in [6, 6.07) is 0. The number of hydrogen-bond acceptors (Lipinski definition) is 3. The summed E-state index contributed by atoms with van der Waals surface area (Å²) in [4.78, 5) is 12.1. The molecule has 106 valence electrons. The predicted molar refractivity (Wildman–Crippen MR) is 75.9 cm³/mol. The molecule has 5 nitrogen and oxygen atoms in total. The zero-order chi connectivity index (χ0) is 14.2. The normalized spacial score (nSPS) is 16.9. The van der Waals surface area contributed by atoms with Gasteiger partial charge >= 0.3 is 0 Å². The third-order valence-electron chi connectivity index (χ3n) is 4.34. The van der Waals surface area contributed by atoms with E-state index in [0.717, 1.165) is 5.69 Å². The first kappa shape index (κ1) is 13.9. The van der Waals surface area contributed by atoms with Gasteiger partial charge in [0, 0.05) is 6.54 Å². The van der Waals surface area contributed by atoms with Crippen LogP contribution in [0.4, 0.5) is 5.69 Å². The minimum atomic E-state index is -0.174. The van der Waals surface area contributed by atoms with Gasteiger partial charge in [0.2, 0.25) is 0 Å². The summed E-state index contributed by atoms with van der Waals surface area (Å²) in [6.07, 6.45) is 2.39.